The normalized spacial score (nSPS) is 16.0. The van der Waals surface area contributed by atoms with Crippen molar-refractivity contribution in [2.24, 2.45) is 0 Å². The Morgan fingerprint density at radius 3 is 2.48 bits per heavy atom. The molecule has 0 aliphatic carbocycles. The second-order valence-electron chi connectivity index (χ2n) is 5.29. The number of hydrogen-bond acceptors (Lipinski definition) is 4. The van der Waals surface area contributed by atoms with Gasteiger partial charge in [0.25, 0.3) is 11.1 Å². The average molecular weight is 394 g/mol. The Labute approximate surface area is 159 Å². The van der Waals surface area contributed by atoms with Gasteiger partial charge in [-0.2, -0.15) is 0 Å². The highest BCUT2D eigenvalue weighted by atomic mass is 35.5. The van der Waals surface area contributed by atoms with Crippen LogP contribution in [0.5, 0.6) is 5.75 Å². The van der Waals surface area contributed by atoms with E-state index in [0.717, 1.165) is 22.9 Å². The summed E-state index contributed by atoms with van der Waals surface area (Å²) in [5.41, 5.74) is 1.56. The van der Waals surface area contributed by atoms with Crippen molar-refractivity contribution in [1.82, 2.24) is 4.90 Å². The number of rotatable bonds is 4. The van der Waals surface area contributed by atoms with E-state index in [9.17, 15) is 9.59 Å². The molecular formula is C18H13Cl2NO3S. The van der Waals surface area contributed by atoms with E-state index in [1.54, 1.807) is 48.5 Å². The maximum atomic E-state index is 12.5. The molecule has 1 fully saturated rings. The fraction of sp³-hybridized carbons (Fsp3) is 0.111. The van der Waals surface area contributed by atoms with Gasteiger partial charge in [0.05, 0.1) is 23.6 Å². The molecule has 0 atom stereocenters. The molecule has 1 aliphatic rings. The molecule has 25 heavy (non-hydrogen) atoms. The highest BCUT2D eigenvalue weighted by Crippen LogP contribution is 2.34. The lowest BCUT2D eigenvalue weighted by Crippen LogP contribution is -2.27. The van der Waals surface area contributed by atoms with Crippen molar-refractivity contribution in [3.63, 3.8) is 0 Å². The summed E-state index contributed by atoms with van der Waals surface area (Å²) in [7, 11) is 1.53. The van der Waals surface area contributed by atoms with Gasteiger partial charge in [0.1, 0.15) is 5.75 Å². The molecule has 0 bridgehead atoms. The minimum absolute atomic E-state index is 0.211. The van der Waals surface area contributed by atoms with Crippen molar-refractivity contribution in [2.45, 2.75) is 6.54 Å². The number of methoxy groups -OCH3 is 1. The molecular weight excluding hydrogens is 381 g/mol. The van der Waals surface area contributed by atoms with Gasteiger partial charge in [0, 0.05) is 5.02 Å². The fourth-order valence-corrected chi connectivity index (χ4v) is 3.56. The Morgan fingerprint density at radius 2 is 1.84 bits per heavy atom. The molecule has 2 aromatic rings. The largest absolute Gasteiger partial charge is 0.495 e. The summed E-state index contributed by atoms with van der Waals surface area (Å²) in [5.74, 6) is 0.228. The van der Waals surface area contributed by atoms with Gasteiger partial charge in [-0.05, 0) is 53.2 Å². The van der Waals surface area contributed by atoms with E-state index in [1.165, 1.54) is 12.0 Å². The third-order valence-corrected chi connectivity index (χ3v) is 5.06. The molecule has 2 amide bonds. The van der Waals surface area contributed by atoms with Crippen LogP contribution in [0.25, 0.3) is 6.08 Å². The van der Waals surface area contributed by atoms with Gasteiger partial charge in [0.2, 0.25) is 0 Å². The van der Waals surface area contributed by atoms with Crippen LogP contribution in [0.1, 0.15) is 11.1 Å². The van der Waals surface area contributed by atoms with E-state index in [1.807, 2.05) is 0 Å². The lowest BCUT2D eigenvalue weighted by molar-refractivity contribution is -0.123. The van der Waals surface area contributed by atoms with E-state index in [-0.39, 0.29) is 17.7 Å². The van der Waals surface area contributed by atoms with Crippen molar-refractivity contribution >= 4 is 52.2 Å². The van der Waals surface area contributed by atoms with Crippen LogP contribution in [0, 0.1) is 0 Å². The number of amides is 2. The highest BCUT2D eigenvalue weighted by Gasteiger charge is 2.34. The molecule has 0 radical (unpaired) electrons. The number of carbonyl (C=O) groups is 2. The van der Waals surface area contributed by atoms with Crippen LogP contribution in [0.2, 0.25) is 10.0 Å². The predicted octanol–water partition coefficient (Wildman–Crippen LogP) is 5.24. The lowest BCUT2D eigenvalue weighted by atomic mass is 10.2. The summed E-state index contributed by atoms with van der Waals surface area (Å²) < 4.78 is 5.10. The van der Waals surface area contributed by atoms with E-state index in [4.69, 9.17) is 27.9 Å². The van der Waals surface area contributed by atoms with Gasteiger partial charge in [-0.15, -0.1) is 0 Å². The summed E-state index contributed by atoms with van der Waals surface area (Å²) in [4.78, 5) is 26.3. The Kier molecular flexibility index (Phi) is 5.37. The van der Waals surface area contributed by atoms with Crippen molar-refractivity contribution in [1.29, 1.82) is 0 Å². The molecule has 128 valence electrons. The van der Waals surface area contributed by atoms with Crippen molar-refractivity contribution < 1.29 is 14.3 Å². The second-order valence-corrected chi connectivity index (χ2v) is 7.13. The van der Waals surface area contributed by atoms with E-state index >= 15 is 0 Å². The number of benzene rings is 2. The quantitative estimate of drug-likeness (QED) is 0.666. The number of imide groups is 1. The fourth-order valence-electron chi connectivity index (χ4n) is 2.33. The molecule has 0 unspecified atom stereocenters. The van der Waals surface area contributed by atoms with E-state index < -0.39 is 0 Å². The lowest BCUT2D eigenvalue weighted by Gasteiger charge is -2.12. The van der Waals surface area contributed by atoms with Gasteiger partial charge in [0.15, 0.2) is 0 Å². The molecule has 0 saturated carbocycles. The van der Waals surface area contributed by atoms with Crippen LogP contribution in [0.4, 0.5) is 4.79 Å². The van der Waals surface area contributed by atoms with Crippen molar-refractivity contribution in [3.05, 3.63) is 68.5 Å². The Morgan fingerprint density at radius 1 is 1.12 bits per heavy atom. The predicted molar refractivity (Wildman–Crippen MR) is 101 cm³/mol. The minimum Gasteiger partial charge on any atom is -0.495 e. The molecule has 1 aliphatic heterocycles. The second kappa shape index (κ2) is 7.52. The minimum atomic E-state index is -0.322. The zero-order valence-electron chi connectivity index (χ0n) is 13.2. The summed E-state index contributed by atoms with van der Waals surface area (Å²) >= 11 is 12.9. The molecule has 1 saturated heterocycles. The van der Waals surface area contributed by atoms with Gasteiger partial charge < -0.3 is 4.74 Å². The first kappa shape index (κ1) is 17.9. The van der Waals surface area contributed by atoms with Crippen LogP contribution >= 0.6 is 35.0 Å². The first-order chi connectivity index (χ1) is 12.0. The Balaban J connectivity index is 1.80. The molecule has 0 N–H and O–H groups in total. The smallest absolute Gasteiger partial charge is 0.293 e. The van der Waals surface area contributed by atoms with Crippen LogP contribution in [-0.2, 0) is 11.3 Å². The average Bonchev–Trinajstić information content (AvgIpc) is 2.84. The summed E-state index contributed by atoms with van der Waals surface area (Å²) in [6.45, 7) is 0.211. The van der Waals surface area contributed by atoms with Gasteiger partial charge in [-0.1, -0.05) is 41.4 Å². The van der Waals surface area contributed by atoms with Gasteiger partial charge in [-0.3, -0.25) is 14.5 Å². The van der Waals surface area contributed by atoms with Gasteiger partial charge >= 0.3 is 0 Å². The maximum absolute atomic E-state index is 12.5. The number of hydrogen-bond donors (Lipinski definition) is 0. The molecule has 7 heteroatoms. The number of nitrogens with zero attached hydrogens (tertiary/aromatic N) is 1. The van der Waals surface area contributed by atoms with E-state index in [2.05, 4.69) is 0 Å². The molecule has 4 nitrogen and oxygen atoms in total. The SMILES string of the molecule is COc1ccc(/C=C2\SC(=O)N(Cc3ccc(Cl)cc3)C2=O)cc1Cl. The van der Waals surface area contributed by atoms with Crippen LogP contribution < -0.4 is 4.74 Å². The molecule has 3 rings (SSSR count). The molecule has 2 aromatic carbocycles. The van der Waals surface area contributed by atoms with E-state index in [0.29, 0.717) is 20.7 Å². The number of thioether (sulfide) groups is 1. The first-order valence-corrected chi connectivity index (χ1v) is 8.88. The standard InChI is InChI=1S/C18H13Cl2NO3S/c1-24-15-7-4-12(8-14(15)20)9-16-17(22)21(18(23)25-16)10-11-2-5-13(19)6-3-11/h2-9H,10H2,1H3/b16-9-. The van der Waals surface area contributed by atoms with Crippen LogP contribution in [-0.4, -0.2) is 23.2 Å². The number of ether oxygens (including phenoxy) is 1. The molecule has 0 aromatic heterocycles. The maximum Gasteiger partial charge on any atom is 0.293 e. The third kappa shape index (κ3) is 4.00. The summed E-state index contributed by atoms with van der Waals surface area (Å²) in [6, 6.07) is 12.2. The number of carbonyl (C=O) groups excluding carboxylic acids is 2. The Bertz CT molecular complexity index is 865. The zero-order valence-corrected chi connectivity index (χ0v) is 15.5. The van der Waals surface area contributed by atoms with Crippen molar-refractivity contribution in [3.8, 4) is 5.75 Å². The topological polar surface area (TPSA) is 46.6 Å². The monoisotopic (exact) mass is 393 g/mol. The summed E-state index contributed by atoms with van der Waals surface area (Å²) in [5, 5.41) is 0.747. The third-order valence-electron chi connectivity index (χ3n) is 3.60. The number of halogens is 2. The summed E-state index contributed by atoms with van der Waals surface area (Å²) in [6.07, 6.45) is 1.65. The first-order valence-electron chi connectivity index (χ1n) is 7.31. The molecule has 1 heterocycles. The van der Waals surface area contributed by atoms with Crippen molar-refractivity contribution in [2.75, 3.05) is 7.11 Å². The zero-order chi connectivity index (χ0) is 18.0. The Hall–Kier alpha value is -1.95. The van der Waals surface area contributed by atoms with Gasteiger partial charge in [-0.25, -0.2) is 0 Å². The van der Waals surface area contributed by atoms with Crippen LogP contribution in [0.3, 0.4) is 0 Å². The highest BCUT2D eigenvalue weighted by molar-refractivity contribution is 8.18. The molecule has 0 spiro atoms. The van der Waals surface area contributed by atoms with Crippen LogP contribution in [0.15, 0.2) is 47.4 Å².